The van der Waals surface area contributed by atoms with Gasteiger partial charge in [0.2, 0.25) is 0 Å². The first-order chi connectivity index (χ1) is 10.7. The molecule has 0 unspecified atom stereocenters. The zero-order valence-electron chi connectivity index (χ0n) is 13.6. The fraction of sp³-hybridized carbons (Fsp3) is 0.412. The maximum Gasteiger partial charge on any atom is 0.191 e. The van der Waals surface area contributed by atoms with Gasteiger partial charge in [0.15, 0.2) is 5.96 Å². The zero-order valence-corrected chi connectivity index (χ0v) is 13.6. The predicted molar refractivity (Wildman–Crippen MR) is 90.9 cm³/mol. The molecule has 0 spiro atoms. The Morgan fingerprint density at radius 1 is 1.27 bits per heavy atom. The van der Waals surface area contributed by atoms with E-state index in [1.807, 2.05) is 24.1 Å². The second-order valence-electron chi connectivity index (χ2n) is 5.38. The summed E-state index contributed by atoms with van der Waals surface area (Å²) < 4.78 is 1.83. The number of aromatic nitrogens is 2. The highest BCUT2D eigenvalue weighted by molar-refractivity contribution is 5.79. The van der Waals surface area contributed by atoms with Crippen LogP contribution in [0.3, 0.4) is 0 Å². The summed E-state index contributed by atoms with van der Waals surface area (Å²) in [6.45, 7) is 6.55. The second-order valence-corrected chi connectivity index (χ2v) is 5.38. The molecule has 0 saturated heterocycles. The molecule has 0 saturated carbocycles. The lowest BCUT2D eigenvalue weighted by Crippen LogP contribution is -2.38. The van der Waals surface area contributed by atoms with Crippen molar-refractivity contribution in [3.63, 3.8) is 0 Å². The van der Waals surface area contributed by atoms with E-state index in [4.69, 9.17) is 0 Å². The van der Waals surface area contributed by atoms with E-state index in [1.54, 1.807) is 0 Å². The van der Waals surface area contributed by atoms with E-state index in [1.165, 1.54) is 16.7 Å². The van der Waals surface area contributed by atoms with Gasteiger partial charge in [-0.05, 0) is 31.4 Å². The maximum absolute atomic E-state index is 4.63. The van der Waals surface area contributed by atoms with Gasteiger partial charge in [-0.15, -0.1) is 0 Å². The minimum absolute atomic E-state index is 0.684. The van der Waals surface area contributed by atoms with Crippen LogP contribution in [0.2, 0.25) is 0 Å². The molecule has 2 aromatic rings. The van der Waals surface area contributed by atoms with Crippen molar-refractivity contribution in [3.8, 4) is 0 Å². The third-order valence-corrected chi connectivity index (χ3v) is 3.31. The summed E-state index contributed by atoms with van der Waals surface area (Å²) in [5.74, 6) is 0.855. The van der Waals surface area contributed by atoms with Crippen molar-refractivity contribution in [2.75, 3.05) is 13.1 Å². The monoisotopic (exact) mass is 299 g/mol. The van der Waals surface area contributed by atoms with Gasteiger partial charge in [-0.1, -0.05) is 29.8 Å². The summed E-state index contributed by atoms with van der Waals surface area (Å²) in [4.78, 5) is 4.63. The van der Waals surface area contributed by atoms with Crippen LogP contribution in [0.1, 0.15) is 23.6 Å². The molecular formula is C17H25N5. The summed E-state index contributed by atoms with van der Waals surface area (Å²) in [5.41, 5.74) is 3.72. The molecule has 0 atom stereocenters. The number of aliphatic imine (C=N–C) groups is 1. The molecule has 22 heavy (non-hydrogen) atoms. The first-order valence-electron chi connectivity index (χ1n) is 7.72. The van der Waals surface area contributed by atoms with E-state index in [0.717, 1.165) is 25.5 Å². The molecule has 5 heteroatoms. The van der Waals surface area contributed by atoms with E-state index in [0.29, 0.717) is 6.54 Å². The Morgan fingerprint density at radius 3 is 2.82 bits per heavy atom. The molecule has 0 fully saturated rings. The van der Waals surface area contributed by atoms with Crippen molar-refractivity contribution in [1.82, 2.24) is 20.4 Å². The number of hydrogen-bond acceptors (Lipinski definition) is 2. The SMILES string of the molecule is CCNC(=NCc1cccc(C)c1)NCCc1cnn(C)c1. The Bertz CT molecular complexity index is 615. The average Bonchev–Trinajstić information content (AvgIpc) is 2.90. The first-order valence-corrected chi connectivity index (χ1v) is 7.72. The minimum Gasteiger partial charge on any atom is -0.357 e. The largest absolute Gasteiger partial charge is 0.357 e. The van der Waals surface area contributed by atoms with Gasteiger partial charge in [-0.25, -0.2) is 4.99 Å². The van der Waals surface area contributed by atoms with E-state index >= 15 is 0 Å². The highest BCUT2D eigenvalue weighted by atomic mass is 15.2. The quantitative estimate of drug-likeness (QED) is 0.634. The molecule has 0 aliphatic heterocycles. The first kappa shape index (κ1) is 16.1. The van der Waals surface area contributed by atoms with E-state index in [9.17, 15) is 0 Å². The third-order valence-electron chi connectivity index (χ3n) is 3.31. The third kappa shape index (κ3) is 5.24. The number of hydrogen-bond donors (Lipinski definition) is 2. The van der Waals surface area contributed by atoms with Crippen LogP contribution in [0, 0.1) is 6.92 Å². The Morgan fingerprint density at radius 2 is 2.14 bits per heavy atom. The standard InChI is InChI=1S/C17H25N5/c1-4-18-17(19-9-8-16-12-21-22(3)13-16)20-11-15-7-5-6-14(2)10-15/h5-7,10,12-13H,4,8-9,11H2,1-3H3,(H2,18,19,20). The Balaban J connectivity index is 1.86. The van der Waals surface area contributed by atoms with Crippen molar-refractivity contribution in [2.45, 2.75) is 26.8 Å². The normalized spacial score (nSPS) is 11.5. The van der Waals surface area contributed by atoms with Gasteiger partial charge < -0.3 is 10.6 Å². The summed E-state index contributed by atoms with van der Waals surface area (Å²) >= 11 is 0. The number of nitrogens with zero attached hydrogens (tertiary/aromatic N) is 3. The molecule has 1 heterocycles. The van der Waals surface area contributed by atoms with Crippen LogP contribution in [0.15, 0.2) is 41.7 Å². The Hall–Kier alpha value is -2.30. The average molecular weight is 299 g/mol. The molecule has 2 N–H and O–H groups in total. The minimum atomic E-state index is 0.684. The lowest BCUT2D eigenvalue weighted by molar-refractivity contribution is 0.765. The fourth-order valence-electron chi connectivity index (χ4n) is 2.25. The van der Waals surface area contributed by atoms with Crippen molar-refractivity contribution < 1.29 is 0 Å². The van der Waals surface area contributed by atoms with Gasteiger partial charge in [0.1, 0.15) is 0 Å². The van der Waals surface area contributed by atoms with Gasteiger partial charge in [0.25, 0.3) is 0 Å². The molecule has 0 bridgehead atoms. The Labute approximate surface area is 132 Å². The van der Waals surface area contributed by atoms with Gasteiger partial charge in [-0.2, -0.15) is 5.10 Å². The maximum atomic E-state index is 4.63. The van der Waals surface area contributed by atoms with Crippen molar-refractivity contribution >= 4 is 5.96 Å². The highest BCUT2D eigenvalue weighted by Gasteiger charge is 2.00. The molecule has 1 aromatic heterocycles. The number of guanidine groups is 1. The molecule has 118 valence electrons. The molecule has 0 amide bonds. The van der Waals surface area contributed by atoms with E-state index in [-0.39, 0.29) is 0 Å². The number of aryl methyl sites for hydroxylation is 2. The summed E-state index contributed by atoms with van der Waals surface area (Å²) in [6.07, 6.45) is 4.87. The van der Waals surface area contributed by atoms with Gasteiger partial charge in [-0.3, -0.25) is 4.68 Å². The molecule has 0 radical (unpaired) electrons. The van der Waals surface area contributed by atoms with Gasteiger partial charge in [0.05, 0.1) is 12.7 Å². The highest BCUT2D eigenvalue weighted by Crippen LogP contribution is 2.05. The smallest absolute Gasteiger partial charge is 0.191 e. The van der Waals surface area contributed by atoms with Gasteiger partial charge >= 0.3 is 0 Å². The van der Waals surface area contributed by atoms with Gasteiger partial charge in [0, 0.05) is 26.3 Å². The molecule has 0 aliphatic rings. The van der Waals surface area contributed by atoms with Crippen LogP contribution in [-0.2, 0) is 20.0 Å². The number of nitrogens with one attached hydrogen (secondary N) is 2. The molecule has 0 aliphatic carbocycles. The number of benzene rings is 1. The second kappa shape index (κ2) is 8.22. The molecular weight excluding hydrogens is 274 g/mol. The van der Waals surface area contributed by atoms with E-state index < -0.39 is 0 Å². The van der Waals surface area contributed by atoms with Crippen LogP contribution in [-0.4, -0.2) is 28.8 Å². The lowest BCUT2D eigenvalue weighted by atomic mass is 10.1. The van der Waals surface area contributed by atoms with Crippen LogP contribution in [0.25, 0.3) is 0 Å². The van der Waals surface area contributed by atoms with E-state index in [2.05, 4.69) is 58.8 Å². The van der Waals surface area contributed by atoms with Crippen LogP contribution in [0.5, 0.6) is 0 Å². The van der Waals surface area contributed by atoms with Crippen LogP contribution in [0.4, 0.5) is 0 Å². The van der Waals surface area contributed by atoms with Crippen LogP contribution < -0.4 is 10.6 Å². The molecule has 1 aromatic carbocycles. The predicted octanol–water partition coefficient (Wildman–Crippen LogP) is 2.03. The topological polar surface area (TPSA) is 54.2 Å². The van der Waals surface area contributed by atoms with Crippen molar-refractivity contribution in [3.05, 3.63) is 53.3 Å². The van der Waals surface area contributed by atoms with Crippen molar-refractivity contribution in [2.24, 2.45) is 12.0 Å². The molecule has 2 rings (SSSR count). The Kier molecular flexibility index (Phi) is 6.01. The molecule has 5 nitrogen and oxygen atoms in total. The fourth-order valence-corrected chi connectivity index (χ4v) is 2.25. The summed E-state index contributed by atoms with van der Waals surface area (Å²) in [6, 6.07) is 8.45. The summed E-state index contributed by atoms with van der Waals surface area (Å²) in [7, 11) is 1.93. The lowest BCUT2D eigenvalue weighted by Gasteiger charge is -2.11. The summed E-state index contributed by atoms with van der Waals surface area (Å²) in [5, 5.41) is 10.8. The number of rotatable bonds is 6. The zero-order chi connectivity index (χ0) is 15.8. The van der Waals surface area contributed by atoms with Crippen molar-refractivity contribution in [1.29, 1.82) is 0 Å². The van der Waals surface area contributed by atoms with Crippen LogP contribution >= 0.6 is 0 Å².